The van der Waals surface area contributed by atoms with Crippen LogP contribution in [0.2, 0.25) is 0 Å². The number of hydrogen-bond donors (Lipinski definition) is 0. The maximum atomic E-state index is 12.2. The normalized spacial score (nSPS) is 17.4. The first-order valence-electron chi connectivity index (χ1n) is 5.75. The van der Waals surface area contributed by atoms with E-state index in [9.17, 15) is 4.79 Å². The number of hydrogen-bond acceptors (Lipinski definition) is 2. The van der Waals surface area contributed by atoms with E-state index >= 15 is 0 Å². The molecule has 3 heteroatoms. The first-order chi connectivity index (χ1) is 7.77. The molecular weight excluding hydrogens is 284 g/mol. The molecule has 1 aliphatic rings. The summed E-state index contributed by atoms with van der Waals surface area (Å²) in [5.74, 6) is 0.234. The van der Waals surface area contributed by atoms with Crippen LogP contribution in [0.3, 0.4) is 0 Å². The molecule has 0 bridgehead atoms. The lowest BCUT2D eigenvalue weighted by atomic mass is 9.97. The van der Waals surface area contributed by atoms with Crippen molar-refractivity contribution in [1.29, 1.82) is 0 Å². The van der Waals surface area contributed by atoms with E-state index in [0.717, 1.165) is 34.2 Å². The van der Waals surface area contributed by atoms with Crippen LogP contribution in [0, 0.1) is 0 Å². The van der Waals surface area contributed by atoms with E-state index in [1.54, 1.807) is 0 Å². The summed E-state index contributed by atoms with van der Waals surface area (Å²) in [6, 6.07) is 1.92. The van der Waals surface area contributed by atoms with Crippen molar-refractivity contribution in [3.63, 3.8) is 0 Å². The van der Waals surface area contributed by atoms with Crippen LogP contribution in [0.25, 0.3) is 0 Å². The zero-order valence-electron chi connectivity index (χ0n) is 9.17. The summed E-state index contributed by atoms with van der Waals surface area (Å²) < 4.78 is 1.01. The van der Waals surface area contributed by atoms with Gasteiger partial charge in [0.1, 0.15) is 0 Å². The molecule has 0 amide bonds. The van der Waals surface area contributed by atoms with Crippen molar-refractivity contribution in [3.8, 4) is 0 Å². The molecule has 0 aromatic carbocycles. The fourth-order valence-electron chi connectivity index (χ4n) is 1.99. The van der Waals surface area contributed by atoms with Gasteiger partial charge in [0.2, 0.25) is 0 Å². The minimum absolute atomic E-state index is 0.234. The van der Waals surface area contributed by atoms with Crippen LogP contribution >= 0.6 is 27.3 Å². The Bertz CT molecular complexity index is 406. The van der Waals surface area contributed by atoms with Crippen molar-refractivity contribution in [2.24, 2.45) is 0 Å². The van der Waals surface area contributed by atoms with Gasteiger partial charge >= 0.3 is 0 Å². The summed E-state index contributed by atoms with van der Waals surface area (Å²) in [6.45, 7) is 0. The smallest absolute Gasteiger partial charge is 0.198 e. The summed E-state index contributed by atoms with van der Waals surface area (Å²) in [5.41, 5.74) is 1.02. The Hall–Kier alpha value is -0.410. The van der Waals surface area contributed by atoms with Crippen molar-refractivity contribution >= 4 is 33.0 Å². The Balaban J connectivity index is 2.13. The lowest BCUT2D eigenvalue weighted by Crippen LogP contribution is -2.03. The first-order valence-corrected chi connectivity index (χ1v) is 7.42. The van der Waals surface area contributed by atoms with Crippen LogP contribution in [0.1, 0.15) is 48.2 Å². The lowest BCUT2D eigenvalue weighted by molar-refractivity contribution is 0.103. The summed E-state index contributed by atoms with van der Waals surface area (Å²) in [5, 5.41) is 1.97. The highest BCUT2D eigenvalue weighted by Gasteiger charge is 2.14. The third-order valence-electron chi connectivity index (χ3n) is 2.87. The standard InChI is InChI=1S/C13H15BrOS/c14-11-8-12(16-9-11)13(15)10-6-4-2-1-3-5-7-10/h6,8-9H,1-5,7H2. The second-order valence-electron chi connectivity index (χ2n) is 4.14. The van der Waals surface area contributed by atoms with Gasteiger partial charge in [-0.3, -0.25) is 4.79 Å². The van der Waals surface area contributed by atoms with E-state index in [0.29, 0.717) is 0 Å². The number of halogens is 1. The fraction of sp³-hybridized carbons (Fsp3) is 0.462. The zero-order valence-corrected chi connectivity index (χ0v) is 11.6. The molecule has 1 aliphatic carbocycles. The Morgan fingerprint density at radius 3 is 2.81 bits per heavy atom. The summed E-state index contributed by atoms with van der Waals surface area (Å²) in [4.78, 5) is 13.1. The molecular formula is C13H15BrOS. The number of Topliss-reactive ketones (excluding diaryl/α,β-unsaturated/α-hetero) is 1. The number of thiophene rings is 1. The van der Waals surface area contributed by atoms with E-state index in [-0.39, 0.29) is 5.78 Å². The predicted octanol–water partition coefficient (Wildman–Crippen LogP) is 4.97. The van der Waals surface area contributed by atoms with E-state index < -0.39 is 0 Å². The van der Waals surface area contributed by atoms with Gasteiger partial charge in [0.25, 0.3) is 0 Å². The highest BCUT2D eigenvalue weighted by molar-refractivity contribution is 9.10. The molecule has 0 saturated heterocycles. The second-order valence-corrected chi connectivity index (χ2v) is 5.97. The minimum Gasteiger partial charge on any atom is -0.288 e. The highest BCUT2D eigenvalue weighted by atomic mass is 79.9. The topological polar surface area (TPSA) is 17.1 Å². The zero-order chi connectivity index (χ0) is 11.4. The quantitative estimate of drug-likeness (QED) is 0.704. The number of rotatable bonds is 2. The summed E-state index contributed by atoms with van der Waals surface area (Å²) in [6.07, 6.45) is 9.12. The number of carbonyl (C=O) groups is 1. The minimum atomic E-state index is 0.234. The fourth-order valence-corrected chi connectivity index (χ4v) is 3.39. The molecule has 1 aromatic rings. The molecule has 0 atom stereocenters. The number of allylic oxidation sites excluding steroid dienone is 2. The van der Waals surface area contributed by atoms with Crippen LogP contribution in [0.5, 0.6) is 0 Å². The SMILES string of the molecule is O=C(C1=CCCCCCC1)c1cc(Br)cs1. The monoisotopic (exact) mass is 298 g/mol. The van der Waals surface area contributed by atoms with Gasteiger partial charge in [-0.25, -0.2) is 0 Å². The van der Waals surface area contributed by atoms with Crippen LogP contribution in [-0.4, -0.2) is 5.78 Å². The second kappa shape index (κ2) is 5.78. The van der Waals surface area contributed by atoms with Gasteiger partial charge in [0, 0.05) is 9.85 Å². The Morgan fingerprint density at radius 2 is 2.06 bits per heavy atom. The first kappa shape index (κ1) is 12.1. The van der Waals surface area contributed by atoms with Gasteiger partial charge in [-0.2, -0.15) is 0 Å². The van der Waals surface area contributed by atoms with E-state index in [1.807, 2.05) is 11.4 Å². The van der Waals surface area contributed by atoms with Gasteiger partial charge in [-0.05, 0) is 53.3 Å². The van der Waals surface area contributed by atoms with Gasteiger partial charge in [0.15, 0.2) is 5.78 Å². The molecule has 86 valence electrons. The van der Waals surface area contributed by atoms with Crippen molar-refractivity contribution in [1.82, 2.24) is 0 Å². The van der Waals surface area contributed by atoms with Gasteiger partial charge in [0.05, 0.1) is 4.88 Å². The molecule has 0 saturated carbocycles. The Labute approximate surface area is 109 Å². The molecule has 0 unspecified atom stereocenters. The average molecular weight is 299 g/mol. The maximum Gasteiger partial charge on any atom is 0.198 e. The van der Waals surface area contributed by atoms with Crippen LogP contribution in [0.4, 0.5) is 0 Å². The Morgan fingerprint density at radius 1 is 1.25 bits per heavy atom. The molecule has 2 rings (SSSR count). The van der Waals surface area contributed by atoms with Crippen LogP contribution < -0.4 is 0 Å². The molecule has 16 heavy (non-hydrogen) atoms. The predicted molar refractivity (Wildman–Crippen MR) is 72.1 cm³/mol. The van der Waals surface area contributed by atoms with Crippen molar-refractivity contribution in [2.75, 3.05) is 0 Å². The van der Waals surface area contributed by atoms with Crippen molar-refractivity contribution in [3.05, 3.63) is 32.4 Å². The summed E-state index contributed by atoms with van der Waals surface area (Å²) >= 11 is 4.92. The molecule has 1 heterocycles. The van der Waals surface area contributed by atoms with E-state index in [4.69, 9.17) is 0 Å². The molecule has 0 spiro atoms. The maximum absolute atomic E-state index is 12.2. The van der Waals surface area contributed by atoms with Crippen molar-refractivity contribution < 1.29 is 4.79 Å². The highest BCUT2D eigenvalue weighted by Crippen LogP contribution is 2.25. The number of carbonyl (C=O) groups excluding carboxylic acids is 1. The van der Waals surface area contributed by atoms with Crippen LogP contribution in [0.15, 0.2) is 27.6 Å². The molecule has 0 radical (unpaired) electrons. The molecule has 1 nitrogen and oxygen atoms in total. The van der Waals surface area contributed by atoms with Crippen molar-refractivity contribution in [2.45, 2.75) is 38.5 Å². The third kappa shape index (κ3) is 3.05. The van der Waals surface area contributed by atoms with Gasteiger partial charge in [-0.1, -0.05) is 18.9 Å². The number of ketones is 1. The van der Waals surface area contributed by atoms with E-state index in [1.165, 1.54) is 30.6 Å². The molecule has 0 fully saturated rings. The lowest BCUT2D eigenvalue weighted by Gasteiger charge is -2.09. The largest absolute Gasteiger partial charge is 0.288 e. The molecule has 0 aliphatic heterocycles. The van der Waals surface area contributed by atoms with Crippen LogP contribution in [-0.2, 0) is 0 Å². The molecule has 1 aromatic heterocycles. The van der Waals surface area contributed by atoms with E-state index in [2.05, 4.69) is 22.0 Å². The third-order valence-corrected chi connectivity index (χ3v) is 4.56. The summed E-state index contributed by atoms with van der Waals surface area (Å²) in [7, 11) is 0. The van der Waals surface area contributed by atoms with Gasteiger partial charge < -0.3 is 0 Å². The van der Waals surface area contributed by atoms with Gasteiger partial charge in [-0.15, -0.1) is 11.3 Å². The Kier molecular flexibility index (Phi) is 4.36. The average Bonchev–Trinajstić information content (AvgIpc) is 2.63. The molecule has 0 N–H and O–H groups in total.